The number of anilines is 1. The van der Waals surface area contributed by atoms with Crippen LogP contribution in [0, 0.1) is 5.92 Å². The zero-order valence-electron chi connectivity index (χ0n) is 17.6. The minimum Gasteiger partial charge on any atom is -0.493 e. The molecular formula is C22H30N4O4S. The molecule has 0 bridgehead atoms. The summed E-state index contributed by atoms with van der Waals surface area (Å²) in [5.74, 6) is 0.246. The van der Waals surface area contributed by atoms with Crippen molar-refractivity contribution in [2.45, 2.75) is 38.1 Å². The number of nitrogens with two attached hydrogens (primary N) is 3. The highest BCUT2D eigenvalue weighted by Gasteiger charge is 2.27. The maximum Gasteiger partial charge on any atom is 0.260 e. The maximum absolute atomic E-state index is 11.9. The van der Waals surface area contributed by atoms with Crippen LogP contribution in [-0.4, -0.2) is 49.6 Å². The van der Waals surface area contributed by atoms with Crippen LogP contribution in [0.25, 0.3) is 10.1 Å². The molecule has 8 nitrogen and oxygen atoms in total. The van der Waals surface area contributed by atoms with Gasteiger partial charge in [-0.25, -0.2) is 0 Å². The summed E-state index contributed by atoms with van der Waals surface area (Å²) in [5, 5.41) is 0.723. The fourth-order valence-corrected chi connectivity index (χ4v) is 5.69. The first-order valence-corrected chi connectivity index (χ1v) is 11.6. The molecule has 4 rings (SSSR count). The Morgan fingerprint density at radius 3 is 2.55 bits per heavy atom. The fourth-order valence-electron chi connectivity index (χ4n) is 4.65. The summed E-state index contributed by atoms with van der Waals surface area (Å²) in [7, 11) is 0. The van der Waals surface area contributed by atoms with Crippen LogP contribution < -0.4 is 21.9 Å². The number of thiophene rings is 1. The second kappa shape index (κ2) is 9.42. The number of ether oxygens (including phenoxy) is 2. The molecule has 1 aliphatic carbocycles. The van der Waals surface area contributed by atoms with Gasteiger partial charge < -0.3 is 26.7 Å². The van der Waals surface area contributed by atoms with E-state index in [4.69, 9.17) is 26.7 Å². The first kappa shape index (κ1) is 21.9. The number of amides is 2. The van der Waals surface area contributed by atoms with Gasteiger partial charge in [0.25, 0.3) is 5.91 Å². The first-order valence-electron chi connectivity index (χ1n) is 10.8. The van der Waals surface area contributed by atoms with E-state index in [0.717, 1.165) is 28.5 Å². The second-order valence-electron chi connectivity index (χ2n) is 8.40. The molecule has 1 aromatic carbocycles. The van der Waals surface area contributed by atoms with E-state index in [9.17, 15) is 9.59 Å². The van der Waals surface area contributed by atoms with Crippen molar-refractivity contribution in [1.82, 2.24) is 4.90 Å². The van der Waals surface area contributed by atoms with Crippen LogP contribution in [0.15, 0.2) is 12.1 Å². The topological polar surface area (TPSA) is 134 Å². The van der Waals surface area contributed by atoms with E-state index in [1.807, 2.05) is 12.1 Å². The Labute approximate surface area is 185 Å². The van der Waals surface area contributed by atoms with Gasteiger partial charge in [-0.3, -0.25) is 14.5 Å². The molecule has 1 atom stereocenters. The summed E-state index contributed by atoms with van der Waals surface area (Å²) in [6, 6.07) is 3.74. The molecule has 1 aliphatic heterocycles. The maximum atomic E-state index is 11.9. The Hall–Kier alpha value is -2.36. The Morgan fingerprint density at radius 2 is 1.90 bits per heavy atom. The number of benzene rings is 1. The summed E-state index contributed by atoms with van der Waals surface area (Å²) in [4.78, 5) is 26.3. The summed E-state index contributed by atoms with van der Waals surface area (Å²) >= 11 is 1.26. The van der Waals surface area contributed by atoms with Gasteiger partial charge >= 0.3 is 0 Å². The average Bonchev–Trinajstić information content (AvgIpc) is 3.39. The normalized spacial score (nSPS) is 19.0. The molecule has 1 aromatic heterocycles. The van der Waals surface area contributed by atoms with E-state index in [-0.39, 0.29) is 18.4 Å². The third-order valence-corrected chi connectivity index (χ3v) is 7.42. The minimum atomic E-state index is -0.552. The standard InChI is InChI=1S/C22H30N4O4S/c23-18(27)11-15(26-5-7-29-8-6-26)14-9-16(30-12-13-3-1-2-4-13)19-17(10-14)31-21(20(19)24)22(25)28/h9-10,13,15H,1-8,11-12,24H2,(H2,23,27)(H2,25,28). The van der Waals surface area contributed by atoms with E-state index >= 15 is 0 Å². The first-order chi connectivity index (χ1) is 14.9. The Kier molecular flexibility index (Phi) is 6.64. The van der Waals surface area contributed by atoms with Gasteiger partial charge in [0.05, 0.1) is 30.9 Å². The molecule has 9 heteroatoms. The molecule has 31 heavy (non-hydrogen) atoms. The predicted molar refractivity (Wildman–Crippen MR) is 121 cm³/mol. The van der Waals surface area contributed by atoms with Crippen LogP contribution in [0.5, 0.6) is 5.75 Å². The quantitative estimate of drug-likeness (QED) is 0.570. The molecule has 2 fully saturated rings. The molecule has 1 unspecified atom stereocenters. The van der Waals surface area contributed by atoms with Crippen molar-refractivity contribution in [3.8, 4) is 5.75 Å². The minimum absolute atomic E-state index is 0.192. The number of carbonyl (C=O) groups excluding carboxylic acids is 2. The van der Waals surface area contributed by atoms with Gasteiger partial charge in [-0.05, 0) is 36.5 Å². The second-order valence-corrected chi connectivity index (χ2v) is 9.45. The number of carbonyl (C=O) groups is 2. The highest BCUT2D eigenvalue weighted by Crippen LogP contribution is 2.43. The van der Waals surface area contributed by atoms with E-state index in [1.54, 1.807) is 0 Å². The lowest BCUT2D eigenvalue weighted by Gasteiger charge is -2.34. The molecule has 2 amide bonds. The summed E-state index contributed by atoms with van der Waals surface area (Å²) in [6.07, 6.45) is 4.97. The van der Waals surface area contributed by atoms with Crippen molar-refractivity contribution in [1.29, 1.82) is 0 Å². The van der Waals surface area contributed by atoms with Crippen molar-refractivity contribution in [2.24, 2.45) is 17.4 Å². The number of nitrogen functional groups attached to an aromatic ring is 1. The number of rotatable bonds is 8. The van der Waals surface area contributed by atoms with E-state index in [1.165, 1.54) is 24.2 Å². The molecule has 168 valence electrons. The predicted octanol–water partition coefficient (Wildman–Crippen LogP) is 2.40. The smallest absolute Gasteiger partial charge is 0.260 e. The highest BCUT2D eigenvalue weighted by molar-refractivity contribution is 7.21. The van der Waals surface area contributed by atoms with Gasteiger partial charge in [0.2, 0.25) is 5.91 Å². The summed E-state index contributed by atoms with van der Waals surface area (Å²) < 4.78 is 12.6. The number of nitrogens with zero attached hydrogens (tertiary/aromatic N) is 1. The van der Waals surface area contributed by atoms with Crippen molar-refractivity contribution >= 4 is 38.9 Å². The molecule has 2 aliphatic rings. The van der Waals surface area contributed by atoms with Crippen molar-refractivity contribution < 1.29 is 19.1 Å². The van der Waals surface area contributed by atoms with Gasteiger partial charge in [-0.1, -0.05) is 12.8 Å². The fraction of sp³-hybridized carbons (Fsp3) is 0.545. The van der Waals surface area contributed by atoms with Crippen LogP contribution >= 0.6 is 11.3 Å². The van der Waals surface area contributed by atoms with Gasteiger partial charge in [-0.15, -0.1) is 11.3 Å². The number of fused-ring (bicyclic) bond motifs is 1. The van der Waals surface area contributed by atoms with Crippen LogP contribution in [0.2, 0.25) is 0 Å². The van der Waals surface area contributed by atoms with Crippen molar-refractivity contribution in [2.75, 3.05) is 38.6 Å². The lowest BCUT2D eigenvalue weighted by Crippen LogP contribution is -2.40. The van der Waals surface area contributed by atoms with Crippen LogP contribution in [0.4, 0.5) is 5.69 Å². The zero-order chi connectivity index (χ0) is 22.0. The lowest BCUT2D eigenvalue weighted by atomic mass is 9.99. The number of hydrogen-bond acceptors (Lipinski definition) is 7. The number of morpholine rings is 1. The van der Waals surface area contributed by atoms with Crippen LogP contribution in [0.3, 0.4) is 0 Å². The molecule has 0 spiro atoms. The Balaban J connectivity index is 1.75. The zero-order valence-corrected chi connectivity index (χ0v) is 18.4. The molecule has 0 radical (unpaired) electrons. The van der Waals surface area contributed by atoms with Crippen molar-refractivity contribution in [3.63, 3.8) is 0 Å². The molecule has 6 N–H and O–H groups in total. The summed E-state index contributed by atoms with van der Waals surface area (Å²) in [5.41, 5.74) is 18.7. The highest BCUT2D eigenvalue weighted by atomic mass is 32.1. The van der Waals surface area contributed by atoms with E-state index in [0.29, 0.717) is 55.1 Å². The van der Waals surface area contributed by atoms with Crippen molar-refractivity contribution in [3.05, 3.63) is 22.6 Å². The van der Waals surface area contributed by atoms with Gasteiger partial charge in [0, 0.05) is 30.3 Å². The third-order valence-electron chi connectivity index (χ3n) is 6.25. The SMILES string of the molecule is NC(=O)CC(c1cc(OCC2CCCC2)c2c(N)c(C(N)=O)sc2c1)N1CCOCC1. The average molecular weight is 447 g/mol. The third kappa shape index (κ3) is 4.78. The lowest BCUT2D eigenvalue weighted by molar-refractivity contribution is -0.119. The monoisotopic (exact) mass is 446 g/mol. The Bertz CT molecular complexity index is 964. The van der Waals surface area contributed by atoms with Crippen LogP contribution in [0.1, 0.15) is 53.4 Å². The summed E-state index contributed by atoms with van der Waals surface area (Å²) in [6.45, 7) is 3.26. The van der Waals surface area contributed by atoms with Gasteiger partial charge in [0.1, 0.15) is 10.6 Å². The molecule has 1 saturated heterocycles. The van der Waals surface area contributed by atoms with Crippen LogP contribution in [-0.2, 0) is 9.53 Å². The van der Waals surface area contributed by atoms with E-state index < -0.39 is 5.91 Å². The molecular weight excluding hydrogens is 416 g/mol. The van der Waals surface area contributed by atoms with Gasteiger partial charge in [0.15, 0.2) is 0 Å². The van der Waals surface area contributed by atoms with E-state index in [2.05, 4.69) is 4.90 Å². The number of hydrogen-bond donors (Lipinski definition) is 3. The molecule has 2 heterocycles. The van der Waals surface area contributed by atoms with Gasteiger partial charge in [-0.2, -0.15) is 0 Å². The molecule has 1 saturated carbocycles. The number of primary amides is 2. The Morgan fingerprint density at radius 1 is 1.19 bits per heavy atom. The molecule has 2 aromatic rings. The largest absolute Gasteiger partial charge is 0.493 e.